The fourth-order valence-electron chi connectivity index (χ4n) is 2.07. The number of nitrogens with zero attached hydrogens (tertiary/aromatic N) is 1. The maximum Gasteiger partial charge on any atom is 0.279 e. The molecule has 1 fully saturated rings. The average molecular weight is 236 g/mol. The molecule has 1 aliphatic rings. The largest absolute Gasteiger partial charge is 0.395 e. The summed E-state index contributed by atoms with van der Waals surface area (Å²) in [5.74, 6) is 0.805. The van der Waals surface area contributed by atoms with Gasteiger partial charge in [-0.2, -0.15) is 17.4 Å². The van der Waals surface area contributed by atoms with Crippen LogP contribution in [0.3, 0.4) is 0 Å². The van der Waals surface area contributed by atoms with Gasteiger partial charge in [0.1, 0.15) is 0 Å². The molecule has 0 aromatic heterocycles. The second-order valence-electron chi connectivity index (χ2n) is 4.39. The molecule has 0 radical (unpaired) electrons. The van der Waals surface area contributed by atoms with E-state index in [-0.39, 0.29) is 13.2 Å². The normalized spacial score (nSPS) is 29.3. The molecular weight excluding hydrogens is 216 g/mol. The number of aliphatic hydroxyl groups excluding tert-OH is 1. The van der Waals surface area contributed by atoms with Crippen LogP contribution in [-0.4, -0.2) is 44.1 Å². The third-order valence-corrected chi connectivity index (χ3v) is 4.12. The van der Waals surface area contributed by atoms with Gasteiger partial charge >= 0.3 is 0 Å². The Kier molecular flexibility index (Phi) is 4.51. The molecule has 2 N–H and O–H groups in total. The topological polar surface area (TPSA) is 69.6 Å². The Bertz CT molecular complexity index is 282. The number of rotatable bonds is 4. The Labute approximate surface area is 91.7 Å². The highest BCUT2D eigenvalue weighted by molar-refractivity contribution is 7.87. The van der Waals surface area contributed by atoms with Crippen molar-refractivity contribution in [2.24, 2.45) is 11.8 Å². The van der Waals surface area contributed by atoms with Crippen molar-refractivity contribution in [3.8, 4) is 0 Å². The zero-order valence-electron chi connectivity index (χ0n) is 9.31. The highest BCUT2D eigenvalue weighted by Crippen LogP contribution is 2.22. The van der Waals surface area contributed by atoms with Crippen LogP contribution in [0.15, 0.2) is 0 Å². The maximum absolute atomic E-state index is 11.7. The van der Waals surface area contributed by atoms with Crippen LogP contribution in [-0.2, 0) is 10.2 Å². The molecule has 0 aromatic carbocycles. The Balaban J connectivity index is 2.61. The second-order valence-corrected chi connectivity index (χ2v) is 6.14. The van der Waals surface area contributed by atoms with Crippen LogP contribution in [0.2, 0.25) is 0 Å². The summed E-state index contributed by atoms with van der Waals surface area (Å²) in [5.41, 5.74) is 0. The smallest absolute Gasteiger partial charge is 0.279 e. The lowest BCUT2D eigenvalue weighted by Crippen LogP contribution is -2.48. The van der Waals surface area contributed by atoms with Gasteiger partial charge < -0.3 is 5.11 Å². The number of piperidine rings is 1. The predicted molar refractivity (Wildman–Crippen MR) is 58.5 cm³/mol. The van der Waals surface area contributed by atoms with E-state index in [0.717, 1.165) is 6.42 Å². The van der Waals surface area contributed by atoms with E-state index >= 15 is 0 Å². The lowest BCUT2D eigenvalue weighted by atomic mass is 9.94. The van der Waals surface area contributed by atoms with Crippen molar-refractivity contribution in [2.75, 3.05) is 26.2 Å². The van der Waals surface area contributed by atoms with Gasteiger partial charge in [-0.25, -0.2) is 0 Å². The highest BCUT2D eigenvalue weighted by atomic mass is 32.2. The number of nitrogens with one attached hydrogen (secondary N) is 1. The SMILES string of the molecule is CC1CC(C)CN(S(=O)(=O)NCCO)C1. The van der Waals surface area contributed by atoms with E-state index in [0.29, 0.717) is 24.9 Å². The van der Waals surface area contributed by atoms with E-state index < -0.39 is 10.2 Å². The first-order chi connectivity index (χ1) is 6.95. The van der Waals surface area contributed by atoms with Crippen molar-refractivity contribution in [1.29, 1.82) is 0 Å². The van der Waals surface area contributed by atoms with Crippen molar-refractivity contribution < 1.29 is 13.5 Å². The highest BCUT2D eigenvalue weighted by Gasteiger charge is 2.29. The Morgan fingerprint density at radius 3 is 2.33 bits per heavy atom. The van der Waals surface area contributed by atoms with Gasteiger partial charge in [-0.15, -0.1) is 0 Å². The number of aliphatic hydroxyl groups is 1. The van der Waals surface area contributed by atoms with Crippen LogP contribution in [0.25, 0.3) is 0 Å². The molecule has 0 bridgehead atoms. The summed E-state index contributed by atoms with van der Waals surface area (Å²) in [5, 5.41) is 8.59. The number of hydrogen-bond acceptors (Lipinski definition) is 3. The minimum absolute atomic E-state index is 0.0849. The van der Waals surface area contributed by atoms with Crippen LogP contribution < -0.4 is 4.72 Å². The summed E-state index contributed by atoms with van der Waals surface area (Å²) >= 11 is 0. The minimum Gasteiger partial charge on any atom is -0.395 e. The van der Waals surface area contributed by atoms with E-state index in [4.69, 9.17) is 5.11 Å². The van der Waals surface area contributed by atoms with E-state index in [2.05, 4.69) is 18.6 Å². The Morgan fingerprint density at radius 2 is 1.87 bits per heavy atom. The molecule has 0 aliphatic carbocycles. The van der Waals surface area contributed by atoms with Gasteiger partial charge in [0.25, 0.3) is 10.2 Å². The van der Waals surface area contributed by atoms with Gasteiger partial charge in [0.05, 0.1) is 6.61 Å². The molecule has 0 saturated carbocycles. The van der Waals surface area contributed by atoms with E-state index in [1.807, 2.05) is 0 Å². The fraction of sp³-hybridized carbons (Fsp3) is 1.00. The lowest BCUT2D eigenvalue weighted by molar-refractivity contribution is 0.219. The summed E-state index contributed by atoms with van der Waals surface area (Å²) in [6, 6.07) is 0. The zero-order valence-corrected chi connectivity index (χ0v) is 10.1. The lowest BCUT2D eigenvalue weighted by Gasteiger charge is -2.33. The van der Waals surface area contributed by atoms with Crippen LogP contribution in [0.5, 0.6) is 0 Å². The third-order valence-electron chi connectivity index (χ3n) is 2.57. The van der Waals surface area contributed by atoms with E-state index in [1.165, 1.54) is 4.31 Å². The van der Waals surface area contributed by atoms with Crippen molar-refractivity contribution in [1.82, 2.24) is 9.03 Å². The molecule has 0 spiro atoms. The average Bonchev–Trinajstić information content (AvgIpc) is 2.13. The third kappa shape index (κ3) is 3.71. The molecule has 1 heterocycles. The second kappa shape index (κ2) is 5.25. The minimum atomic E-state index is -3.39. The molecule has 2 unspecified atom stereocenters. The molecule has 1 rings (SSSR count). The molecule has 0 aromatic rings. The fourth-order valence-corrected chi connectivity index (χ4v) is 3.50. The Morgan fingerprint density at radius 1 is 1.33 bits per heavy atom. The quantitative estimate of drug-likeness (QED) is 0.709. The Hall–Kier alpha value is -0.170. The summed E-state index contributed by atoms with van der Waals surface area (Å²) < 4.78 is 27.3. The number of hydrogen-bond donors (Lipinski definition) is 2. The molecule has 2 atom stereocenters. The first-order valence-electron chi connectivity index (χ1n) is 5.31. The molecule has 5 nitrogen and oxygen atoms in total. The van der Waals surface area contributed by atoms with Gasteiger partial charge in [-0.05, 0) is 18.3 Å². The molecule has 15 heavy (non-hydrogen) atoms. The molecule has 1 aliphatic heterocycles. The first kappa shape index (κ1) is 12.9. The van der Waals surface area contributed by atoms with Gasteiger partial charge in [0.15, 0.2) is 0 Å². The van der Waals surface area contributed by atoms with Crippen LogP contribution in [0.4, 0.5) is 0 Å². The van der Waals surface area contributed by atoms with Crippen LogP contribution in [0, 0.1) is 11.8 Å². The van der Waals surface area contributed by atoms with Crippen molar-refractivity contribution in [2.45, 2.75) is 20.3 Å². The molecular formula is C9H20N2O3S. The van der Waals surface area contributed by atoms with Gasteiger partial charge in [-0.1, -0.05) is 13.8 Å². The molecule has 1 saturated heterocycles. The van der Waals surface area contributed by atoms with Crippen molar-refractivity contribution >= 4 is 10.2 Å². The van der Waals surface area contributed by atoms with E-state index in [9.17, 15) is 8.42 Å². The zero-order chi connectivity index (χ0) is 11.5. The standard InChI is InChI=1S/C9H20N2O3S/c1-8-5-9(2)7-11(6-8)15(13,14)10-3-4-12/h8-10,12H,3-7H2,1-2H3. The predicted octanol–water partition coefficient (Wildman–Crippen LogP) is -0.209. The summed E-state index contributed by atoms with van der Waals surface area (Å²) in [7, 11) is -3.39. The van der Waals surface area contributed by atoms with E-state index in [1.54, 1.807) is 0 Å². The van der Waals surface area contributed by atoms with Crippen LogP contribution in [0.1, 0.15) is 20.3 Å². The van der Waals surface area contributed by atoms with Gasteiger partial charge in [-0.3, -0.25) is 0 Å². The van der Waals surface area contributed by atoms with Gasteiger partial charge in [0, 0.05) is 19.6 Å². The van der Waals surface area contributed by atoms with Crippen molar-refractivity contribution in [3.05, 3.63) is 0 Å². The molecule has 0 amide bonds. The molecule has 6 heteroatoms. The summed E-state index contributed by atoms with van der Waals surface area (Å²) in [6.07, 6.45) is 1.08. The first-order valence-corrected chi connectivity index (χ1v) is 6.75. The van der Waals surface area contributed by atoms with Crippen LogP contribution >= 0.6 is 0 Å². The van der Waals surface area contributed by atoms with Gasteiger partial charge in [0.2, 0.25) is 0 Å². The maximum atomic E-state index is 11.7. The van der Waals surface area contributed by atoms with Crippen molar-refractivity contribution in [3.63, 3.8) is 0 Å². The monoisotopic (exact) mass is 236 g/mol. The molecule has 90 valence electrons. The summed E-state index contributed by atoms with van der Waals surface area (Å²) in [4.78, 5) is 0. The summed E-state index contributed by atoms with van der Waals surface area (Å²) in [6.45, 7) is 5.18.